The van der Waals surface area contributed by atoms with E-state index in [2.05, 4.69) is 37.2 Å². The molecule has 1 saturated heterocycles. The first-order chi connectivity index (χ1) is 14.4. The number of hydrogen-bond donors (Lipinski definition) is 1. The molecule has 156 valence electrons. The summed E-state index contributed by atoms with van der Waals surface area (Å²) in [5.41, 5.74) is 1.25. The Bertz CT molecular complexity index is 1030. The van der Waals surface area contributed by atoms with E-state index in [9.17, 15) is 14.4 Å². The minimum absolute atomic E-state index is 0.244. The van der Waals surface area contributed by atoms with Gasteiger partial charge in [-0.1, -0.05) is 35.0 Å². The van der Waals surface area contributed by atoms with Gasteiger partial charge in [0.15, 0.2) is 0 Å². The van der Waals surface area contributed by atoms with Crippen LogP contribution in [0.2, 0.25) is 0 Å². The summed E-state index contributed by atoms with van der Waals surface area (Å²) in [7, 11) is 0. The molecule has 30 heavy (non-hydrogen) atoms. The Hall–Kier alpha value is -2.10. The maximum Gasteiger partial charge on any atom is 0.294 e. The van der Waals surface area contributed by atoms with E-state index in [4.69, 9.17) is 4.74 Å². The number of rotatable bonds is 7. The highest BCUT2D eigenvalue weighted by atomic mass is 79.9. The third-order valence-electron chi connectivity index (χ3n) is 4.04. The van der Waals surface area contributed by atoms with Gasteiger partial charge in [0.1, 0.15) is 12.3 Å². The fourth-order valence-electron chi connectivity index (χ4n) is 2.65. The Morgan fingerprint density at radius 3 is 2.70 bits per heavy atom. The van der Waals surface area contributed by atoms with Crippen molar-refractivity contribution in [1.29, 1.82) is 0 Å². The summed E-state index contributed by atoms with van der Waals surface area (Å²) in [6, 6.07) is 12.6. The molecule has 6 nitrogen and oxygen atoms in total. The topological polar surface area (TPSA) is 75.7 Å². The number of anilines is 1. The molecule has 2 aromatic rings. The van der Waals surface area contributed by atoms with Gasteiger partial charge in [-0.3, -0.25) is 19.3 Å². The molecule has 1 heterocycles. The molecule has 3 amide bonds. The number of imide groups is 1. The molecule has 9 heteroatoms. The van der Waals surface area contributed by atoms with Gasteiger partial charge in [0, 0.05) is 14.5 Å². The van der Waals surface area contributed by atoms with Crippen molar-refractivity contribution in [2.24, 2.45) is 0 Å². The molecule has 0 saturated carbocycles. The zero-order valence-corrected chi connectivity index (χ0v) is 20.0. The third kappa shape index (κ3) is 5.53. The number of nitrogens with one attached hydrogen (secondary N) is 1. The van der Waals surface area contributed by atoms with Crippen molar-refractivity contribution in [3.63, 3.8) is 0 Å². The summed E-state index contributed by atoms with van der Waals surface area (Å²) in [6.45, 7) is 2.18. The molecule has 0 radical (unpaired) electrons. The molecule has 0 spiro atoms. The average Bonchev–Trinajstić information content (AvgIpc) is 2.96. The van der Waals surface area contributed by atoms with Crippen molar-refractivity contribution in [2.75, 3.05) is 18.5 Å². The van der Waals surface area contributed by atoms with E-state index in [0.717, 1.165) is 27.6 Å². The Kier molecular flexibility index (Phi) is 7.74. The standard InChI is InChI=1S/C21H18Br2N2O4S/c1-2-9-29-17-8-7-14(22)10-13(17)11-18-20(27)25(21(28)30-18)12-19(26)24-16-6-4-3-5-15(16)23/h3-8,10-11H,2,9,12H2,1H3,(H,24,26)/b18-11+. The summed E-state index contributed by atoms with van der Waals surface area (Å²) in [5, 5.41) is 2.21. The monoisotopic (exact) mass is 552 g/mol. The van der Waals surface area contributed by atoms with Gasteiger partial charge in [-0.25, -0.2) is 0 Å². The fraction of sp³-hybridized carbons (Fsp3) is 0.190. The van der Waals surface area contributed by atoms with Crippen LogP contribution < -0.4 is 10.1 Å². The lowest BCUT2D eigenvalue weighted by Gasteiger charge is -2.13. The minimum atomic E-state index is -0.506. The number of thioether (sulfide) groups is 1. The molecule has 0 aromatic heterocycles. The van der Waals surface area contributed by atoms with E-state index in [1.807, 2.05) is 25.1 Å². The van der Waals surface area contributed by atoms with Crippen LogP contribution in [0.15, 0.2) is 56.3 Å². The summed E-state index contributed by atoms with van der Waals surface area (Å²) in [5.74, 6) is -0.341. The van der Waals surface area contributed by atoms with Crippen molar-refractivity contribution in [1.82, 2.24) is 4.90 Å². The molecule has 0 aliphatic carbocycles. The van der Waals surface area contributed by atoms with Gasteiger partial charge >= 0.3 is 0 Å². The van der Waals surface area contributed by atoms with Crippen LogP contribution in [0.1, 0.15) is 18.9 Å². The normalized spacial score (nSPS) is 15.0. The number of nitrogens with zero attached hydrogens (tertiary/aromatic N) is 1. The Morgan fingerprint density at radius 2 is 1.97 bits per heavy atom. The highest BCUT2D eigenvalue weighted by Gasteiger charge is 2.36. The molecule has 0 atom stereocenters. The summed E-state index contributed by atoms with van der Waals surface area (Å²) < 4.78 is 7.26. The molecule has 1 N–H and O–H groups in total. The predicted octanol–water partition coefficient (Wildman–Crippen LogP) is 5.68. The summed E-state index contributed by atoms with van der Waals surface area (Å²) in [6.07, 6.45) is 2.46. The van der Waals surface area contributed by atoms with Crippen molar-refractivity contribution in [2.45, 2.75) is 13.3 Å². The highest BCUT2D eigenvalue weighted by Crippen LogP contribution is 2.35. The molecule has 1 aliphatic heterocycles. The van der Waals surface area contributed by atoms with Crippen molar-refractivity contribution in [3.8, 4) is 5.75 Å². The second kappa shape index (κ2) is 10.3. The van der Waals surface area contributed by atoms with E-state index in [1.54, 1.807) is 30.3 Å². The number of carbonyl (C=O) groups is 3. The van der Waals surface area contributed by atoms with Crippen molar-refractivity contribution in [3.05, 3.63) is 61.9 Å². The fourth-order valence-corrected chi connectivity index (χ4v) is 4.24. The Morgan fingerprint density at radius 1 is 1.20 bits per heavy atom. The number of ether oxygens (including phenoxy) is 1. The molecular formula is C21H18Br2N2O4S. The van der Waals surface area contributed by atoms with Gasteiger partial charge < -0.3 is 10.1 Å². The number of amides is 3. The number of halogens is 2. The van der Waals surface area contributed by atoms with Crippen LogP contribution in [0.4, 0.5) is 10.5 Å². The van der Waals surface area contributed by atoms with Gasteiger partial charge in [-0.2, -0.15) is 0 Å². The van der Waals surface area contributed by atoms with Gasteiger partial charge in [0.05, 0.1) is 17.2 Å². The van der Waals surface area contributed by atoms with Gasteiger partial charge in [-0.15, -0.1) is 0 Å². The number of para-hydroxylation sites is 1. The van der Waals surface area contributed by atoms with Crippen LogP contribution >= 0.6 is 43.6 Å². The zero-order chi connectivity index (χ0) is 21.7. The SMILES string of the molecule is CCCOc1ccc(Br)cc1/C=C1/SC(=O)N(CC(=O)Nc2ccccc2Br)C1=O. The van der Waals surface area contributed by atoms with Crippen LogP contribution in [0.3, 0.4) is 0 Å². The number of hydrogen-bond acceptors (Lipinski definition) is 5. The molecule has 0 unspecified atom stereocenters. The van der Waals surface area contributed by atoms with Crippen LogP contribution in [0, 0.1) is 0 Å². The lowest BCUT2D eigenvalue weighted by atomic mass is 10.2. The van der Waals surface area contributed by atoms with E-state index in [1.165, 1.54) is 0 Å². The smallest absolute Gasteiger partial charge is 0.294 e. The van der Waals surface area contributed by atoms with E-state index >= 15 is 0 Å². The molecule has 2 aromatic carbocycles. The lowest BCUT2D eigenvalue weighted by Crippen LogP contribution is -2.36. The van der Waals surface area contributed by atoms with Crippen LogP contribution in [-0.4, -0.2) is 35.1 Å². The van der Waals surface area contributed by atoms with Crippen molar-refractivity contribution < 1.29 is 19.1 Å². The first-order valence-corrected chi connectivity index (χ1v) is 11.5. The average molecular weight is 554 g/mol. The van der Waals surface area contributed by atoms with Gasteiger partial charge in [0.25, 0.3) is 11.1 Å². The van der Waals surface area contributed by atoms with Crippen LogP contribution in [0.5, 0.6) is 5.75 Å². The second-order valence-electron chi connectivity index (χ2n) is 6.33. The zero-order valence-electron chi connectivity index (χ0n) is 16.0. The predicted molar refractivity (Wildman–Crippen MR) is 125 cm³/mol. The van der Waals surface area contributed by atoms with Crippen molar-refractivity contribution >= 4 is 72.4 Å². The summed E-state index contributed by atoms with van der Waals surface area (Å²) >= 11 is 7.56. The Labute approximate surface area is 195 Å². The number of benzene rings is 2. The second-order valence-corrected chi connectivity index (χ2v) is 9.09. The Balaban J connectivity index is 1.75. The van der Waals surface area contributed by atoms with E-state index in [-0.39, 0.29) is 11.4 Å². The van der Waals surface area contributed by atoms with Gasteiger partial charge in [0.2, 0.25) is 5.91 Å². The lowest BCUT2D eigenvalue weighted by molar-refractivity contribution is -0.127. The third-order valence-corrected chi connectivity index (χ3v) is 6.14. The largest absolute Gasteiger partial charge is 0.493 e. The molecule has 0 bridgehead atoms. The van der Waals surface area contributed by atoms with Crippen LogP contribution in [-0.2, 0) is 9.59 Å². The molecule has 1 aliphatic rings. The maximum atomic E-state index is 12.8. The minimum Gasteiger partial charge on any atom is -0.493 e. The number of carbonyl (C=O) groups excluding carboxylic acids is 3. The first kappa shape index (κ1) is 22.6. The van der Waals surface area contributed by atoms with Crippen LogP contribution in [0.25, 0.3) is 6.08 Å². The molecule has 3 rings (SSSR count). The van der Waals surface area contributed by atoms with Gasteiger partial charge in [-0.05, 0) is 70.5 Å². The first-order valence-electron chi connectivity index (χ1n) is 9.11. The molecule has 1 fully saturated rings. The quantitative estimate of drug-likeness (QED) is 0.447. The maximum absolute atomic E-state index is 12.8. The summed E-state index contributed by atoms with van der Waals surface area (Å²) in [4.78, 5) is 38.7. The van der Waals surface area contributed by atoms with E-state index in [0.29, 0.717) is 28.1 Å². The highest BCUT2D eigenvalue weighted by molar-refractivity contribution is 9.10. The molecular weight excluding hydrogens is 536 g/mol. The van der Waals surface area contributed by atoms with E-state index < -0.39 is 17.1 Å².